The molecule has 0 aliphatic rings. The van der Waals surface area contributed by atoms with Gasteiger partial charge in [0.1, 0.15) is 11.4 Å². The molecule has 0 saturated heterocycles. The van der Waals surface area contributed by atoms with Crippen molar-refractivity contribution in [3.8, 4) is 5.75 Å². The van der Waals surface area contributed by atoms with E-state index in [2.05, 4.69) is 5.32 Å². The second-order valence-electron chi connectivity index (χ2n) is 5.52. The Kier molecular flexibility index (Phi) is 5.29. The molecule has 0 saturated carbocycles. The van der Waals surface area contributed by atoms with Gasteiger partial charge in [-0.15, -0.1) is 0 Å². The highest BCUT2D eigenvalue weighted by atomic mass is 19.4. The largest absolute Gasteiger partial charge is 0.497 e. The summed E-state index contributed by atoms with van der Waals surface area (Å²) in [5.41, 5.74) is -1.54. The number of aliphatic hydroxyl groups is 1. The number of anilines is 1. The summed E-state index contributed by atoms with van der Waals surface area (Å²) in [7, 11) is 1.28. The predicted octanol–water partition coefficient (Wildman–Crippen LogP) is 3.64. The molecule has 0 bridgehead atoms. The van der Waals surface area contributed by atoms with E-state index in [9.17, 15) is 23.1 Å². The van der Waals surface area contributed by atoms with Gasteiger partial charge in [-0.25, -0.2) is 4.79 Å². The second kappa shape index (κ2) is 6.43. The summed E-state index contributed by atoms with van der Waals surface area (Å²) in [6.07, 6.45) is -8.56. The van der Waals surface area contributed by atoms with Crippen molar-refractivity contribution < 1.29 is 32.5 Å². The summed E-state index contributed by atoms with van der Waals surface area (Å²) in [5.74, 6) is 0.119. The molecule has 0 heterocycles. The Morgan fingerprint density at radius 3 is 2.32 bits per heavy atom. The summed E-state index contributed by atoms with van der Waals surface area (Å²) in [6.45, 7) is 4.85. The minimum Gasteiger partial charge on any atom is -0.497 e. The zero-order valence-electron chi connectivity index (χ0n) is 12.6. The predicted molar refractivity (Wildman–Crippen MR) is 73.9 cm³/mol. The third kappa shape index (κ3) is 5.10. The van der Waals surface area contributed by atoms with Crippen molar-refractivity contribution in [2.75, 3.05) is 12.4 Å². The number of methoxy groups -OCH3 is 1. The van der Waals surface area contributed by atoms with Crippen molar-refractivity contribution in [1.29, 1.82) is 0 Å². The SMILES string of the molecule is COc1ccc(NC(=O)OC(C)(C)C)c(C(O)C(F)(F)F)c1. The lowest BCUT2D eigenvalue weighted by Gasteiger charge is -2.22. The van der Waals surface area contributed by atoms with E-state index >= 15 is 0 Å². The third-order valence-electron chi connectivity index (χ3n) is 2.50. The summed E-state index contributed by atoms with van der Waals surface area (Å²) < 4.78 is 48.0. The molecule has 1 rings (SSSR count). The molecule has 1 atom stereocenters. The van der Waals surface area contributed by atoms with E-state index < -0.39 is 29.5 Å². The van der Waals surface area contributed by atoms with Crippen molar-refractivity contribution in [2.24, 2.45) is 0 Å². The fraction of sp³-hybridized carbons (Fsp3) is 0.500. The van der Waals surface area contributed by atoms with Crippen LogP contribution in [0.4, 0.5) is 23.7 Å². The van der Waals surface area contributed by atoms with Gasteiger partial charge in [0.05, 0.1) is 12.8 Å². The third-order valence-corrected chi connectivity index (χ3v) is 2.50. The molecule has 0 radical (unpaired) electrons. The summed E-state index contributed by atoms with van der Waals surface area (Å²) in [4.78, 5) is 11.7. The van der Waals surface area contributed by atoms with Crippen LogP contribution in [0, 0.1) is 0 Å². The van der Waals surface area contributed by atoms with Gasteiger partial charge < -0.3 is 14.6 Å². The number of hydrogen-bond donors (Lipinski definition) is 2. The van der Waals surface area contributed by atoms with E-state index in [0.29, 0.717) is 0 Å². The number of benzene rings is 1. The normalized spacial score (nSPS) is 13.5. The highest BCUT2D eigenvalue weighted by Crippen LogP contribution is 2.37. The number of amides is 1. The summed E-state index contributed by atoms with van der Waals surface area (Å²) in [5, 5.41) is 11.6. The van der Waals surface area contributed by atoms with Crippen LogP contribution in [0.5, 0.6) is 5.75 Å². The molecule has 1 amide bonds. The summed E-state index contributed by atoms with van der Waals surface area (Å²) >= 11 is 0. The number of halogens is 3. The van der Waals surface area contributed by atoms with Gasteiger partial charge in [-0.3, -0.25) is 5.32 Å². The van der Waals surface area contributed by atoms with Crippen LogP contribution >= 0.6 is 0 Å². The first kappa shape index (κ1) is 18.1. The average molecular weight is 321 g/mol. The molecule has 8 heteroatoms. The van der Waals surface area contributed by atoms with Crippen LogP contribution in [0.15, 0.2) is 18.2 Å². The molecule has 1 aromatic rings. The van der Waals surface area contributed by atoms with Crippen molar-refractivity contribution in [3.63, 3.8) is 0 Å². The molecule has 0 spiro atoms. The Morgan fingerprint density at radius 2 is 1.86 bits per heavy atom. The first-order valence-corrected chi connectivity index (χ1v) is 6.37. The number of hydrogen-bond acceptors (Lipinski definition) is 4. The standard InChI is InChI=1S/C14H18F3NO4/c1-13(2,3)22-12(20)18-10-6-5-8(21-4)7-9(10)11(19)14(15,16)17/h5-7,11,19H,1-4H3,(H,18,20). The van der Waals surface area contributed by atoms with Crippen LogP contribution in [0.1, 0.15) is 32.4 Å². The van der Waals surface area contributed by atoms with Gasteiger partial charge in [0.25, 0.3) is 0 Å². The molecule has 0 aliphatic carbocycles. The molecular formula is C14H18F3NO4. The van der Waals surface area contributed by atoms with Crippen LogP contribution in [-0.4, -0.2) is 30.1 Å². The molecule has 1 unspecified atom stereocenters. The Hall–Kier alpha value is -1.96. The Bertz CT molecular complexity index is 538. The lowest BCUT2D eigenvalue weighted by atomic mass is 10.1. The highest BCUT2D eigenvalue weighted by molar-refractivity contribution is 5.86. The highest BCUT2D eigenvalue weighted by Gasteiger charge is 2.41. The first-order chi connectivity index (χ1) is 9.94. The average Bonchev–Trinajstić information content (AvgIpc) is 2.35. The van der Waals surface area contributed by atoms with E-state index in [1.165, 1.54) is 19.2 Å². The van der Waals surface area contributed by atoms with E-state index in [-0.39, 0.29) is 11.4 Å². The monoisotopic (exact) mass is 321 g/mol. The van der Waals surface area contributed by atoms with Gasteiger partial charge in [0.15, 0.2) is 6.10 Å². The zero-order chi connectivity index (χ0) is 17.1. The molecule has 5 nitrogen and oxygen atoms in total. The first-order valence-electron chi connectivity index (χ1n) is 6.37. The summed E-state index contributed by atoms with van der Waals surface area (Å²) in [6, 6.07) is 3.57. The zero-order valence-corrected chi connectivity index (χ0v) is 12.6. The van der Waals surface area contributed by atoms with Crippen molar-refractivity contribution in [2.45, 2.75) is 38.7 Å². The van der Waals surface area contributed by atoms with Gasteiger partial charge in [-0.05, 0) is 39.0 Å². The molecule has 0 aromatic heterocycles. The number of carbonyl (C=O) groups is 1. The van der Waals surface area contributed by atoms with Crippen LogP contribution in [0.25, 0.3) is 0 Å². The molecule has 2 N–H and O–H groups in total. The number of carbonyl (C=O) groups excluding carboxylic acids is 1. The second-order valence-corrected chi connectivity index (χ2v) is 5.52. The van der Waals surface area contributed by atoms with E-state index in [1.54, 1.807) is 20.8 Å². The smallest absolute Gasteiger partial charge is 0.418 e. The van der Waals surface area contributed by atoms with E-state index in [1.807, 2.05) is 0 Å². The van der Waals surface area contributed by atoms with Crippen LogP contribution < -0.4 is 10.1 Å². The van der Waals surface area contributed by atoms with E-state index in [0.717, 1.165) is 6.07 Å². The Labute approximate surface area is 126 Å². The van der Waals surface area contributed by atoms with Gasteiger partial charge >= 0.3 is 12.3 Å². The van der Waals surface area contributed by atoms with Gasteiger partial charge in [0.2, 0.25) is 0 Å². The quantitative estimate of drug-likeness (QED) is 0.892. The maximum absolute atomic E-state index is 12.7. The number of alkyl halides is 3. The van der Waals surface area contributed by atoms with E-state index in [4.69, 9.17) is 9.47 Å². The fourth-order valence-electron chi connectivity index (χ4n) is 1.60. The Morgan fingerprint density at radius 1 is 1.27 bits per heavy atom. The van der Waals surface area contributed by atoms with Crippen LogP contribution in [-0.2, 0) is 4.74 Å². The van der Waals surface area contributed by atoms with Crippen molar-refractivity contribution in [3.05, 3.63) is 23.8 Å². The Balaban J connectivity index is 3.11. The molecule has 124 valence electrons. The number of rotatable bonds is 3. The van der Waals surface area contributed by atoms with Crippen LogP contribution in [0.2, 0.25) is 0 Å². The van der Waals surface area contributed by atoms with Gasteiger partial charge in [-0.2, -0.15) is 13.2 Å². The van der Waals surface area contributed by atoms with Crippen molar-refractivity contribution in [1.82, 2.24) is 0 Å². The lowest BCUT2D eigenvalue weighted by Crippen LogP contribution is -2.28. The molecule has 0 fully saturated rings. The molecule has 1 aromatic carbocycles. The van der Waals surface area contributed by atoms with Gasteiger partial charge in [-0.1, -0.05) is 0 Å². The molecule has 0 aliphatic heterocycles. The number of ether oxygens (including phenoxy) is 2. The van der Waals surface area contributed by atoms with Crippen LogP contribution in [0.3, 0.4) is 0 Å². The molecular weight excluding hydrogens is 303 g/mol. The lowest BCUT2D eigenvalue weighted by molar-refractivity contribution is -0.206. The maximum Gasteiger partial charge on any atom is 0.418 e. The van der Waals surface area contributed by atoms with Crippen molar-refractivity contribution >= 4 is 11.8 Å². The topological polar surface area (TPSA) is 67.8 Å². The molecule has 22 heavy (non-hydrogen) atoms. The number of nitrogens with one attached hydrogen (secondary N) is 1. The van der Waals surface area contributed by atoms with Gasteiger partial charge in [0, 0.05) is 5.56 Å². The minimum absolute atomic E-state index is 0.119. The fourth-order valence-corrected chi connectivity index (χ4v) is 1.60. The maximum atomic E-state index is 12.7. The minimum atomic E-state index is -4.88. The number of aliphatic hydroxyl groups excluding tert-OH is 1.